The summed E-state index contributed by atoms with van der Waals surface area (Å²) in [6, 6.07) is 53.7. The molecule has 0 bridgehead atoms. The van der Waals surface area contributed by atoms with E-state index in [-0.39, 0.29) is 0 Å². The van der Waals surface area contributed by atoms with Crippen LogP contribution in [0.2, 0.25) is 0 Å². The van der Waals surface area contributed by atoms with Gasteiger partial charge in [0.25, 0.3) is 0 Å². The van der Waals surface area contributed by atoms with E-state index >= 15 is 0 Å². The Morgan fingerprint density at radius 1 is 0.278 bits per heavy atom. The van der Waals surface area contributed by atoms with Gasteiger partial charge in [0, 0.05) is 119 Å². The van der Waals surface area contributed by atoms with Gasteiger partial charge in [-0.05, 0) is 346 Å². The average molecular weight is 1900 g/mol. The molecule has 14 aromatic rings. The summed E-state index contributed by atoms with van der Waals surface area (Å²) in [7, 11) is 0. The Bertz CT molecular complexity index is 7450. The largest absolute Gasteiger partial charge is 0.488 e. The van der Waals surface area contributed by atoms with E-state index in [4.69, 9.17) is 38.9 Å². The van der Waals surface area contributed by atoms with Crippen molar-refractivity contribution in [2.75, 3.05) is 0 Å². The highest BCUT2D eigenvalue weighted by Gasteiger charge is 2.33. The van der Waals surface area contributed by atoms with Crippen molar-refractivity contribution in [1.82, 2.24) is 39.9 Å². The molecule has 0 unspecified atom stereocenters. The predicted octanol–water partition coefficient (Wildman–Crippen LogP) is 33.8. The minimum atomic E-state index is 0.566. The number of rotatable bonds is 24. The number of hydrogen-bond donors (Lipinski definition) is 4. The van der Waals surface area contributed by atoms with E-state index in [1.807, 2.05) is 24.8 Å². The molecule has 144 heavy (non-hydrogen) atoms. The summed E-state index contributed by atoms with van der Waals surface area (Å²) in [4.78, 5) is 52.0. The second kappa shape index (κ2) is 42.2. The van der Waals surface area contributed by atoms with Crippen LogP contribution in [0.1, 0.15) is 265 Å². The highest BCUT2D eigenvalue weighted by Crippen LogP contribution is 2.52. The Labute approximate surface area is 846 Å². The number of ether oxygens (including phenoxy) is 4. The average Bonchev–Trinajstić information content (AvgIpc) is 1.70. The lowest BCUT2D eigenvalue weighted by molar-refractivity contribution is 0.302. The predicted molar refractivity (Wildman–Crippen MR) is 598 cm³/mol. The van der Waals surface area contributed by atoms with Crippen LogP contribution in [0.3, 0.4) is 0 Å². The molecule has 12 heterocycles. The van der Waals surface area contributed by atoms with Gasteiger partial charge in [0.2, 0.25) is 0 Å². The lowest BCUT2D eigenvalue weighted by atomic mass is 9.83. The summed E-state index contributed by atoms with van der Waals surface area (Å²) in [5.74, 6) is 7.53. The van der Waals surface area contributed by atoms with E-state index in [0.29, 0.717) is 26.4 Å². The molecule has 0 spiro atoms. The van der Waals surface area contributed by atoms with Crippen LogP contribution in [0.25, 0.3) is 145 Å². The van der Waals surface area contributed by atoms with Crippen molar-refractivity contribution >= 4 is 89.2 Å². The molecule has 10 aliphatic rings. The molecule has 8 aliphatic heterocycles. The van der Waals surface area contributed by atoms with E-state index in [2.05, 4.69) is 341 Å². The van der Waals surface area contributed by atoms with E-state index in [1.54, 1.807) is 0 Å². The van der Waals surface area contributed by atoms with Gasteiger partial charge in [-0.2, -0.15) is 0 Å². The molecule has 724 valence electrons. The summed E-state index contributed by atoms with van der Waals surface area (Å²) in [6.45, 7) is 28.0. The summed E-state index contributed by atoms with van der Waals surface area (Å²) >= 11 is 0. The van der Waals surface area contributed by atoms with Crippen LogP contribution in [0.15, 0.2) is 275 Å². The second-order valence-electron chi connectivity index (χ2n) is 39.3. The fraction of sp³-hybridized carbons (Fsp3) is 0.281. The summed E-state index contributed by atoms with van der Waals surface area (Å²) < 4.78 is 25.2. The number of H-pyrrole nitrogens is 4. The smallest absolute Gasteiger partial charge is 0.133 e. The Hall–Kier alpha value is -15.2. The number of hydrogen-bond acceptors (Lipinski definition) is 12. The Kier molecular flexibility index (Phi) is 27.8. The van der Waals surface area contributed by atoms with Gasteiger partial charge in [0.05, 0.1) is 58.9 Å². The maximum atomic E-state index is 6.33. The molecule has 24 rings (SSSR count). The SMILES string of the molecule is CCC=CCC1=NC2=C(C1)c1cc3c(cc1CC2)-c1ccc(-c2cnc(C(C)=CCC)[nH]2)cc1CO3.CCC=CCC1=NC2=C(C1)c1cc3c(cc1CC2)-c1ccc(-c2cnc(C(C)=CCC)[nH]2)cc1OC3.CCC=CCC1=Nc2ccc3cc4c(cc3c2C1)COc1cc(-c2cnc(C(C)=CCC)[nH]2)ccc1-4.CCC=CCC1=Nc2ccc3cc4c(cc3c2C1)OCc1cc(-c2cnc(C(C)=CCC)[nH]2)ccc1-4. The van der Waals surface area contributed by atoms with E-state index in [9.17, 15) is 0 Å². The highest BCUT2D eigenvalue weighted by atomic mass is 16.5. The third kappa shape index (κ3) is 19.5. The maximum absolute atomic E-state index is 6.33. The number of aryl methyl sites for hydroxylation is 2. The third-order valence-electron chi connectivity index (χ3n) is 29.3. The summed E-state index contributed by atoms with van der Waals surface area (Å²) in [5, 5.41) is 5.06. The standard InChI is InChI=1S/C32H33N3O.C32H31N3O.C32H33N3O.C32H31N3O/c2*1-4-6-7-9-24-16-27-26-17-31-28(15-21(26)11-13-29(27)34-24)25-12-10-22(14-23(25)19-36-31)30-18-33-32(35-30)20(3)8-5-2;2*1-4-6-7-9-24-17-28-26-15-23-19-36-31-16-22(30-18-33-32(35-30)20(3)8-5-2)10-12-25(31)27(23)14-21(26)11-13-29(28)34-24/h6-8,10,12,14-15,17-18H,4-5,9,11,13,16,19H2,1-3H3,(H,33,35);6-8,10-15,17-18H,4-5,9,16,19H2,1-3H3,(H,33,35);6-8,10,12,14-16,18H,4-5,9,11,13,17,19H2,1-3H3,(H,33,35);6-8,10-16,18H,4-5,9,17,19H2,1-3H3,(H,33,35). The molecule has 0 atom stereocenters. The first-order chi connectivity index (χ1) is 70.6. The number of nitrogens with zero attached hydrogens (tertiary/aromatic N) is 8. The molecule has 16 heteroatoms. The molecule has 10 aromatic carbocycles. The van der Waals surface area contributed by atoms with Gasteiger partial charge in [0.15, 0.2) is 0 Å². The van der Waals surface area contributed by atoms with Gasteiger partial charge in [-0.3, -0.25) is 20.0 Å². The van der Waals surface area contributed by atoms with Crippen molar-refractivity contribution in [2.45, 2.75) is 238 Å². The topological polar surface area (TPSA) is 201 Å². The number of aromatic amines is 4. The first kappa shape index (κ1) is 95.0. The van der Waals surface area contributed by atoms with Gasteiger partial charge < -0.3 is 38.9 Å². The zero-order valence-electron chi connectivity index (χ0n) is 85.3. The minimum Gasteiger partial charge on any atom is -0.488 e. The van der Waals surface area contributed by atoms with Crippen LogP contribution >= 0.6 is 0 Å². The first-order valence-corrected chi connectivity index (χ1v) is 52.3. The van der Waals surface area contributed by atoms with Crippen LogP contribution in [0.4, 0.5) is 11.4 Å². The lowest BCUT2D eigenvalue weighted by Gasteiger charge is -2.26. The van der Waals surface area contributed by atoms with Crippen molar-refractivity contribution in [2.24, 2.45) is 20.0 Å². The zero-order valence-corrected chi connectivity index (χ0v) is 85.3. The van der Waals surface area contributed by atoms with Crippen molar-refractivity contribution in [3.05, 3.63) is 334 Å². The molecule has 0 amide bonds. The fourth-order valence-corrected chi connectivity index (χ4v) is 21.9. The van der Waals surface area contributed by atoms with Gasteiger partial charge >= 0.3 is 0 Å². The molecule has 16 nitrogen and oxygen atoms in total. The number of fused-ring (bicyclic) bond motifs is 22. The molecular weight excluding hydrogens is 1770 g/mol. The van der Waals surface area contributed by atoms with Crippen LogP contribution in [-0.2, 0) is 52.1 Å². The number of imidazole rings is 4. The van der Waals surface area contributed by atoms with Crippen LogP contribution in [0, 0.1) is 0 Å². The molecule has 4 aromatic heterocycles. The van der Waals surface area contributed by atoms with Gasteiger partial charge in [-0.1, -0.05) is 177 Å². The minimum absolute atomic E-state index is 0.566. The summed E-state index contributed by atoms with van der Waals surface area (Å²) in [5.41, 5.74) is 48.9. The fourth-order valence-electron chi connectivity index (χ4n) is 21.9. The second-order valence-corrected chi connectivity index (χ2v) is 39.3. The first-order valence-electron chi connectivity index (χ1n) is 52.3. The quantitative estimate of drug-likeness (QED) is 0.0428. The van der Waals surface area contributed by atoms with E-state index in [0.717, 1.165) is 242 Å². The normalized spacial score (nSPS) is 15.5. The Morgan fingerprint density at radius 2 is 0.604 bits per heavy atom. The molecule has 2 aliphatic carbocycles. The molecular formula is C128H128N12O4. The number of benzene rings is 10. The third-order valence-corrected chi connectivity index (χ3v) is 29.3. The van der Waals surface area contributed by atoms with Gasteiger partial charge in [-0.25, -0.2) is 19.9 Å². The van der Waals surface area contributed by atoms with Gasteiger partial charge in [0.1, 0.15) is 72.7 Å². The van der Waals surface area contributed by atoms with E-state index in [1.165, 1.54) is 178 Å². The molecule has 0 radical (unpaired) electrons. The van der Waals surface area contributed by atoms with E-state index < -0.39 is 0 Å². The number of aromatic nitrogens is 8. The monoisotopic (exact) mass is 1900 g/mol. The van der Waals surface area contributed by atoms with Crippen LogP contribution in [-0.4, -0.2) is 62.7 Å². The number of allylic oxidation sites excluding steroid dienone is 20. The Balaban J connectivity index is 0.000000113. The highest BCUT2D eigenvalue weighted by molar-refractivity contribution is 6.07. The molecule has 0 saturated heterocycles. The number of aliphatic imine (C=N–C) groups is 4. The van der Waals surface area contributed by atoms with Crippen molar-refractivity contribution in [1.29, 1.82) is 0 Å². The van der Waals surface area contributed by atoms with Crippen LogP contribution in [0.5, 0.6) is 23.0 Å². The maximum Gasteiger partial charge on any atom is 0.133 e. The van der Waals surface area contributed by atoms with Crippen molar-refractivity contribution in [3.8, 4) is 113 Å². The van der Waals surface area contributed by atoms with Gasteiger partial charge in [-0.15, -0.1) is 0 Å². The van der Waals surface area contributed by atoms with Crippen molar-refractivity contribution < 1.29 is 18.9 Å². The van der Waals surface area contributed by atoms with Crippen molar-refractivity contribution in [3.63, 3.8) is 0 Å². The molecule has 4 N–H and O–H groups in total. The number of nitrogens with one attached hydrogen (secondary N) is 4. The lowest BCUT2D eigenvalue weighted by Crippen LogP contribution is -2.10. The molecule has 0 saturated carbocycles. The Morgan fingerprint density at radius 3 is 1.01 bits per heavy atom. The molecule has 0 fully saturated rings. The zero-order chi connectivity index (χ0) is 98.6. The van der Waals surface area contributed by atoms with Crippen LogP contribution < -0.4 is 18.9 Å². The summed E-state index contributed by atoms with van der Waals surface area (Å²) in [6.07, 6.45) is 54.4.